The maximum Gasteiger partial charge on any atom is 0.247 e. The van der Waals surface area contributed by atoms with Crippen molar-refractivity contribution in [3.8, 4) is 0 Å². The first kappa shape index (κ1) is 18.8. The van der Waals surface area contributed by atoms with Crippen LogP contribution >= 0.6 is 0 Å². The van der Waals surface area contributed by atoms with Gasteiger partial charge in [0.1, 0.15) is 23.5 Å². The SMILES string of the molecule is O=C1NCCN(c2ccnc(NCc3c(F)cccc3F)n2)C1c1ccccc1. The molecule has 29 heavy (non-hydrogen) atoms. The van der Waals surface area contributed by atoms with Gasteiger partial charge in [0.2, 0.25) is 11.9 Å². The zero-order valence-electron chi connectivity index (χ0n) is 15.5. The Hall–Kier alpha value is -3.55. The van der Waals surface area contributed by atoms with Crippen molar-refractivity contribution in [3.63, 3.8) is 0 Å². The van der Waals surface area contributed by atoms with Crippen LogP contribution < -0.4 is 15.5 Å². The van der Waals surface area contributed by atoms with Crippen LogP contribution in [0.15, 0.2) is 60.8 Å². The van der Waals surface area contributed by atoms with Crippen molar-refractivity contribution in [1.29, 1.82) is 0 Å². The summed E-state index contributed by atoms with van der Waals surface area (Å²) in [4.78, 5) is 23.0. The van der Waals surface area contributed by atoms with Crippen molar-refractivity contribution in [1.82, 2.24) is 15.3 Å². The van der Waals surface area contributed by atoms with Crippen molar-refractivity contribution >= 4 is 17.7 Å². The minimum Gasteiger partial charge on any atom is -0.352 e. The lowest BCUT2D eigenvalue weighted by Crippen LogP contribution is -2.50. The van der Waals surface area contributed by atoms with Gasteiger partial charge in [-0.1, -0.05) is 36.4 Å². The second-order valence-corrected chi connectivity index (χ2v) is 6.59. The Morgan fingerprint density at radius 3 is 2.59 bits per heavy atom. The Kier molecular flexibility index (Phi) is 5.33. The summed E-state index contributed by atoms with van der Waals surface area (Å²) in [6.07, 6.45) is 1.55. The van der Waals surface area contributed by atoms with Gasteiger partial charge in [0.05, 0.1) is 0 Å². The topological polar surface area (TPSA) is 70.2 Å². The zero-order valence-corrected chi connectivity index (χ0v) is 15.5. The van der Waals surface area contributed by atoms with Gasteiger partial charge in [0.25, 0.3) is 0 Å². The molecule has 1 aliphatic heterocycles. The third-order valence-electron chi connectivity index (χ3n) is 4.75. The number of carbonyl (C=O) groups excluding carboxylic acids is 1. The van der Waals surface area contributed by atoms with Gasteiger partial charge in [-0.25, -0.2) is 13.8 Å². The Morgan fingerprint density at radius 1 is 1.07 bits per heavy atom. The maximum absolute atomic E-state index is 13.8. The lowest BCUT2D eigenvalue weighted by Gasteiger charge is -2.36. The van der Waals surface area contributed by atoms with E-state index in [2.05, 4.69) is 20.6 Å². The maximum atomic E-state index is 13.8. The number of amides is 1. The minimum atomic E-state index is -0.634. The minimum absolute atomic E-state index is 0.0824. The van der Waals surface area contributed by atoms with Crippen LogP contribution in [0.25, 0.3) is 0 Å². The number of benzene rings is 2. The molecule has 148 valence electrons. The van der Waals surface area contributed by atoms with Gasteiger partial charge < -0.3 is 15.5 Å². The van der Waals surface area contributed by atoms with Crippen LogP contribution in [-0.4, -0.2) is 29.0 Å². The summed E-state index contributed by atoms with van der Waals surface area (Å²) in [6, 6.07) is 14.4. The highest BCUT2D eigenvalue weighted by Crippen LogP contribution is 2.28. The molecule has 1 atom stereocenters. The number of rotatable bonds is 5. The normalized spacial score (nSPS) is 16.4. The summed E-state index contributed by atoms with van der Waals surface area (Å²) >= 11 is 0. The van der Waals surface area contributed by atoms with Crippen molar-refractivity contribution < 1.29 is 13.6 Å². The molecule has 0 radical (unpaired) electrons. The molecule has 1 aliphatic rings. The van der Waals surface area contributed by atoms with Crippen LogP contribution in [0.2, 0.25) is 0 Å². The largest absolute Gasteiger partial charge is 0.352 e. The van der Waals surface area contributed by atoms with E-state index in [-0.39, 0.29) is 24.0 Å². The number of carbonyl (C=O) groups is 1. The van der Waals surface area contributed by atoms with E-state index in [1.165, 1.54) is 18.2 Å². The van der Waals surface area contributed by atoms with E-state index in [4.69, 9.17) is 0 Å². The molecule has 1 unspecified atom stereocenters. The standard InChI is InChI=1S/C21H19F2N5O/c22-16-7-4-8-17(23)15(16)13-26-21-25-10-9-18(27-21)28-12-11-24-20(29)19(28)14-5-2-1-3-6-14/h1-10,19H,11-13H2,(H,24,29)(H,25,26,27). The van der Waals surface area contributed by atoms with Crippen molar-refractivity contribution in [2.24, 2.45) is 0 Å². The van der Waals surface area contributed by atoms with Crippen LogP contribution in [0, 0.1) is 11.6 Å². The van der Waals surface area contributed by atoms with E-state index in [1.807, 2.05) is 35.2 Å². The van der Waals surface area contributed by atoms with Gasteiger partial charge in [0, 0.05) is 31.4 Å². The molecule has 0 spiro atoms. The number of hydrogen-bond donors (Lipinski definition) is 2. The van der Waals surface area contributed by atoms with Gasteiger partial charge in [0.15, 0.2) is 0 Å². The van der Waals surface area contributed by atoms with Crippen LogP contribution in [0.3, 0.4) is 0 Å². The smallest absolute Gasteiger partial charge is 0.247 e. The second kappa shape index (κ2) is 8.22. The molecule has 0 saturated carbocycles. The molecule has 1 amide bonds. The Balaban J connectivity index is 1.58. The van der Waals surface area contributed by atoms with Crippen molar-refractivity contribution in [2.45, 2.75) is 12.6 Å². The molecule has 2 N–H and O–H groups in total. The van der Waals surface area contributed by atoms with E-state index in [0.29, 0.717) is 18.9 Å². The average Bonchev–Trinajstić information content (AvgIpc) is 2.74. The molecule has 0 aliphatic carbocycles. The monoisotopic (exact) mass is 395 g/mol. The molecule has 1 saturated heterocycles. The Morgan fingerprint density at radius 2 is 1.83 bits per heavy atom. The molecular weight excluding hydrogens is 376 g/mol. The molecule has 2 aromatic carbocycles. The first-order valence-electron chi connectivity index (χ1n) is 9.22. The van der Waals surface area contributed by atoms with Crippen LogP contribution in [0.1, 0.15) is 17.2 Å². The van der Waals surface area contributed by atoms with E-state index in [1.54, 1.807) is 12.3 Å². The number of nitrogens with one attached hydrogen (secondary N) is 2. The number of anilines is 2. The van der Waals surface area contributed by atoms with Crippen LogP contribution in [-0.2, 0) is 11.3 Å². The highest BCUT2D eigenvalue weighted by Gasteiger charge is 2.32. The summed E-state index contributed by atoms with van der Waals surface area (Å²) in [5.41, 5.74) is 0.771. The fraction of sp³-hybridized carbons (Fsp3) is 0.190. The molecule has 3 aromatic rings. The first-order valence-corrected chi connectivity index (χ1v) is 9.22. The predicted octanol–water partition coefficient (Wildman–Crippen LogP) is 3.04. The average molecular weight is 395 g/mol. The summed E-state index contributed by atoms with van der Waals surface area (Å²) in [5, 5.41) is 5.74. The number of halogens is 2. The number of nitrogens with zero attached hydrogens (tertiary/aromatic N) is 3. The fourth-order valence-corrected chi connectivity index (χ4v) is 3.34. The van der Waals surface area contributed by atoms with E-state index >= 15 is 0 Å². The zero-order chi connectivity index (χ0) is 20.2. The Labute approximate surface area is 166 Å². The third-order valence-corrected chi connectivity index (χ3v) is 4.75. The molecule has 0 bridgehead atoms. The van der Waals surface area contributed by atoms with Gasteiger partial charge in [-0.3, -0.25) is 4.79 Å². The number of aromatic nitrogens is 2. The quantitative estimate of drug-likeness (QED) is 0.695. The van der Waals surface area contributed by atoms with Gasteiger partial charge in [-0.15, -0.1) is 0 Å². The molecule has 1 fully saturated rings. The molecule has 1 aromatic heterocycles. The molecule has 6 nitrogen and oxygen atoms in total. The van der Waals surface area contributed by atoms with Crippen LogP contribution in [0.5, 0.6) is 0 Å². The van der Waals surface area contributed by atoms with Gasteiger partial charge >= 0.3 is 0 Å². The summed E-state index contributed by atoms with van der Waals surface area (Å²) in [6.45, 7) is 0.976. The third kappa shape index (κ3) is 4.01. The number of piperazine rings is 1. The van der Waals surface area contributed by atoms with E-state index in [0.717, 1.165) is 5.56 Å². The predicted molar refractivity (Wildman–Crippen MR) is 105 cm³/mol. The van der Waals surface area contributed by atoms with E-state index in [9.17, 15) is 13.6 Å². The summed E-state index contributed by atoms with van der Waals surface area (Å²) in [5.74, 6) is -0.594. The summed E-state index contributed by atoms with van der Waals surface area (Å²) in [7, 11) is 0. The van der Waals surface area contributed by atoms with Gasteiger partial charge in [-0.2, -0.15) is 4.98 Å². The number of hydrogen-bond acceptors (Lipinski definition) is 5. The molecule has 2 heterocycles. The van der Waals surface area contributed by atoms with Crippen LogP contribution in [0.4, 0.5) is 20.5 Å². The first-order chi connectivity index (χ1) is 14.1. The Bertz CT molecular complexity index is 995. The van der Waals surface area contributed by atoms with E-state index < -0.39 is 17.7 Å². The second-order valence-electron chi connectivity index (χ2n) is 6.59. The lowest BCUT2D eigenvalue weighted by atomic mass is 10.0. The molecule has 8 heteroatoms. The van der Waals surface area contributed by atoms with Crippen molar-refractivity contribution in [3.05, 3.63) is 83.6 Å². The molecular formula is C21H19F2N5O. The lowest BCUT2D eigenvalue weighted by molar-refractivity contribution is -0.123. The molecule has 4 rings (SSSR count). The van der Waals surface area contributed by atoms with Gasteiger partial charge in [-0.05, 0) is 23.8 Å². The summed E-state index contributed by atoms with van der Waals surface area (Å²) < 4.78 is 27.7. The highest BCUT2D eigenvalue weighted by molar-refractivity contribution is 5.87. The fourth-order valence-electron chi connectivity index (χ4n) is 3.34. The van der Waals surface area contributed by atoms with Crippen molar-refractivity contribution in [2.75, 3.05) is 23.3 Å². The highest BCUT2D eigenvalue weighted by atomic mass is 19.1.